The minimum atomic E-state index is -1.32. The van der Waals surface area contributed by atoms with Crippen LogP contribution in [0.5, 0.6) is 0 Å². The number of halogens is 4. The van der Waals surface area contributed by atoms with Gasteiger partial charge in [-0.3, -0.25) is 4.79 Å². The molecule has 3 nitrogen and oxygen atoms in total. The van der Waals surface area contributed by atoms with Crippen LogP contribution in [0.4, 0.5) is 24.5 Å². The van der Waals surface area contributed by atoms with Gasteiger partial charge in [-0.2, -0.15) is 0 Å². The van der Waals surface area contributed by atoms with Crippen molar-refractivity contribution in [3.05, 3.63) is 58.9 Å². The molecular weight excluding hydrogens is 305 g/mol. The largest absolute Gasteiger partial charge is 0.374 e. The quantitative estimate of drug-likeness (QED) is 0.843. The summed E-state index contributed by atoms with van der Waals surface area (Å²) in [6, 6.07) is 7.55. The monoisotopic (exact) mass is 314 g/mol. The van der Waals surface area contributed by atoms with Crippen LogP contribution < -0.4 is 10.6 Å². The van der Waals surface area contributed by atoms with E-state index in [1.807, 2.05) is 0 Å². The van der Waals surface area contributed by atoms with Crippen molar-refractivity contribution in [1.82, 2.24) is 0 Å². The van der Waals surface area contributed by atoms with Crippen LogP contribution in [0.1, 0.15) is 0 Å². The molecule has 7 heteroatoms. The van der Waals surface area contributed by atoms with Gasteiger partial charge in [-0.05, 0) is 24.3 Å². The third-order valence-corrected chi connectivity index (χ3v) is 2.81. The molecule has 0 saturated carbocycles. The highest BCUT2D eigenvalue weighted by molar-refractivity contribution is 6.30. The first-order valence-corrected chi connectivity index (χ1v) is 6.27. The van der Waals surface area contributed by atoms with Gasteiger partial charge in [0.2, 0.25) is 5.91 Å². The molecule has 0 atom stereocenters. The summed E-state index contributed by atoms with van der Waals surface area (Å²) < 4.78 is 39.3. The van der Waals surface area contributed by atoms with E-state index < -0.39 is 29.0 Å². The molecule has 2 aromatic rings. The van der Waals surface area contributed by atoms with Crippen molar-refractivity contribution in [3.63, 3.8) is 0 Å². The fourth-order valence-corrected chi connectivity index (χ4v) is 1.72. The number of hydrogen-bond donors (Lipinski definition) is 2. The van der Waals surface area contributed by atoms with Gasteiger partial charge in [0.15, 0.2) is 11.6 Å². The topological polar surface area (TPSA) is 41.1 Å². The van der Waals surface area contributed by atoms with Crippen LogP contribution in [0.15, 0.2) is 36.4 Å². The Labute approximate surface area is 123 Å². The standard InChI is InChI=1S/C14H10ClF3N2O/c15-8-1-3-10(4-2-8)20-13(21)7-19-12-6-9(16)5-11(17)14(12)18/h1-6,19H,7H2,(H,20,21). The molecule has 0 aliphatic heterocycles. The molecule has 0 aliphatic rings. The second-order valence-electron chi connectivity index (χ2n) is 4.16. The predicted octanol–water partition coefficient (Wildman–Crippen LogP) is 3.81. The number of anilines is 2. The van der Waals surface area contributed by atoms with Crippen molar-refractivity contribution in [1.29, 1.82) is 0 Å². The summed E-state index contributed by atoms with van der Waals surface area (Å²) in [6.45, 7) is -0.345. The average Bonchev–Trinajstić information content (AvgIpc) is 2.44. The third kappa shape index (κ3) is 4.13. The Morgan fingerprint density at radius 1 is 1.10 bits per heavy atom. The smallest absolute Gasteiger partial charge is 0.243 e. The number of benzene rings is 2. The molecule has 2 N–H and O–H groups in total. The molecule has 2 rings (SSSR count). The van der Waals surface area contributed by atoms with Crippen LogP contribution in [0.25, 0.3) is 0 Å². The van der Waals surface area contributed by atoms with E-state index in [0.29, 0.717) is 16.8 Å². The number of nitrogens with one attached hydrogen (secondary N) is 2. The molecule has 21 heavy (non-hydrogen) atoms. The normalized spacial score (nSPS) is 10.3. The van der Waals surface area contributed by atoms with E-state index in [-0.39, 0.29) is 6.54 Å². The Bertz CT molecular complexity index is 662. The molecular formula is C14H10ClF3N2O. The maximum Gasteiger partial charge on any atom is 0.243 e. The van der Waals surface area contributed by atoms with Crippen molar-refractivity contribution < 1.29 is 18.0 Å². The van der Waals surface area contributed by atoms with Crippen LogP contribution in [0, 0.1) is 17.5 Å². The minimum Gasteiger partial charge on any atom is -0.374 e. The lowest BCUT2D eigenvalue weighted by Crippen LogP contribution is -2.22. The summed E-state index contributed by atoms with van der Waals surface area (Å²) in [4.78, 5) is 11.6. The molecule has 0 bridgehead atoms. The fraction of sp³-hybridized carbons (Fsp3) is 0.0714. The molecule has 0 aromatic heterocycles. The Kier molecular flexibility index (Phi) is 4.70. The predicted molar refractivity (Wildman–Crippen MR) is 74.9 cm³/mol. The number of carbonyl (C=O) groups excluding carboxylic acids is 1. The van der Waals surface area contributed by atoms with Gasteiger partial charge >= 0.3 is 0 Å². The first kappa shape index (κ1) is 15.2. The second kappa shape index (κ2) is 6.49. The molecule has 0 aliphatic carbocycles. The van der Waals surface area contributed by atoms with Crippen LogP contribution in [0.3, 0.4) is 0 Å². The van der Waals surface area contributed by atoms with Crippen molar-refractivity contribution >= 4 is 28.9 Å². The molecule has 0 spiro atoms. The molecule has 0 fully saturated rings. The highest BCUT2D eigenvalue weighted by atomic mass is 35.5. The summed E-state index contributed by atoms with van der Waals surface area (Å²) in [7, 11) is 0. The summed E-state index contributed by atoms with van der Waals surface area (Å²) in [5.41, 5.74) is 0.0795. The summed E-state index contributed by atoms with van der Waals surface area (Å²) in [5, 5.41) is 5.37. The zero-order chi connectivity index (χ0) is 15.4. The van der Waals surface area contributed by atoms with Gasteiger partial charge in [-0.25, -0.2) is 13.2 Å². The lowest BCUT2D eigenvalue weighted by atomic mass is 10.2. The zero-order valence-electron chi connectivity index (χ0n) is 10.6. The van der Waals surface area contributed by atoms with Crippen molar-refractivity contribution in [2.24, 2.45) is 0 Å². The second-order valence-corrected chi connectivity index (χ2v) is 4.59. The highest BCUT2D eigenvalue weighted by Crippen LogP contribution is 2.19. The van der Waals surface area contributed by atoms with Crippen LogP contribution >= 0.6 is 11.6 Å². The summed E-state index contributed by atoms with van der Waals surface area (Å²) in [6.07, 6.45) is 0. The zero-order valence-corrected chi connectivity index (χ0v) is 11.3. The van der Waals surface area contributed by atoms with Crippen LogP contribution in [-0.4, -0.2) is 12.5 Å². The minimum absolute atomic E-state index is 0.345. The van der Waals surface area contributed by atoms with Gasteiger partial charge < -0.3 is 10.6 Å². The first-order valence-electron chi connectivity index (χ1n) is 5.89. The third-order valence-electron chi connectivity index (χ3n) is 2.56. The van der Waals surface area contributed by atoms with Gasteiger partial charge in [0.25, 0.3) is 0 Å². The van der Waals surface area contributed by atoms with Gasteiger partial charge in [0, 0.05) is 22.8 Å². The first-order chi connectivity index (χ1) is 9.95. The van der Waals surface area contributed by atoms with Gasteiger partial charge in [0.05, 0.1) is 12.2 Å². The number of rotatable bonds is 4. The van der Waals surface area contributed by atoms with E-state index in [4.69, 9.17) is 11.6 Å². The summed E-state index contributed by atoms with van der Waals surface area (Å²) in [5.74, 6) is -4.00. The lowest BCUT2D eigenvalue weighted by molar-refractivity contribution is -0.114. The van der Waals surface area contributed by atoms with E-state index in [1.54, 1.807) is 24.3 Å². The van der Waals surface area contributed by atoms with Gasteiger partial charge in [-0.15, -0.1) is 0 Å². The fourth-order valence-electron chi connectivity index (χ4n) is 1.60. The number of carbonyl (C=O) groups is 1. The van der Waals surface area contributed by atoms with Crippen LogP contribution in [-0.2, 0) is 4.79 Å². The SMILES string of the molecule is O=C(CNc1cc(F)cc(F)c1F)Nc1ccc(Cl)cc1. The van der Waals surface area contributed by atoms with E-state index >= 15 is 0 Å². The lowest BCUT2D eigenvalue weighted by Gasteiger charge is -2.09. The molecule has 1 amide bonds. The maximum absolute atomic E-state index is 13.4. The van der Waals surface area contributed by atoms with Crippen molar-refractivity contribution in [2.45, 2.75) is 0 Å². The van der Waals surface area contributed by atoms with E-state index in [0.717, 1.165) is 6.07 Å². The average molecular weight is 315 g/mol. The number of amides is 1. The molecule has 2 aromatic carbocycles. The maximum atomic E-state index is 13.4. The van der Waals surface area contributed by atoms with Crippen molar-refractivity contribution in [3.8, 4) is 0 Å². The van der Waals surface area contributed by atoms with E-state index in [1.165, 1.54) is 0 Å². The van der Waals surface area contributed by atoms with Crippen LogP contribution in [0.2, 0.25) is 5.02 Å². The van der Waals surface area contributed by atoms with Gasteiger partial charge in [-0.1, -0.05) is 11.6 Å². The van der Waals surface area contributed by atoms with Crippen molar-refractivity contribution in [2.75, 3.05) is 17.2 Å². The van der Waals surface area contributed by atoms with E-state index in [2.05, 4.69) is 10.6 Å². The molecule has 0 radical (unpaired) electrons. The Balaban J connectivity index is 1.97. The molecule has 0 saturated heterocycles. The highest BCUT2D eigenvalue weighted by Gasteiger charge is 2.12. The summed E-state index contributed by atoms with van der Waals surface area (Å²) >= 11 is 5.70. The Morgan fingerprint density at radius 2 is 1.76 bits per heavy atom. The molecule has 110 valence electrons. The number of hydrogen-bond acceptors (Lipinski definition) is 2. The van der Waals surface area contributed by atoms with Gasteiger partial charge in [0.1, 0.15) is 5.82 Å². The molecule has 0 unspecified atom stereocenters. The molecule has 0 heterocycles. The Hall–Kier alpha value is -2.21. The van der Waals surface area contributed by atoms with E-state index in [9.17, 15) is 18.0 Å². The Morgan fingerprint density at radius 3 is 2.43 bits per heavy atom.